The van der Waals surface area contributed by atoms with Crippen LogP contribution in [-0.4, -0.2) is 15.3 Å². The summed E-state index contributed by atoms with van der Waals surface area (Å²) in [6, 6.07) is 14.3. The molecule has 1 heterocycles. The maximum absolute atomic E-state index is 12.4. The molecule has 0 bridgehead atoms. The molecule has 0 unspecified atom stereocenters. The summed E-state index contributed by atoms with van der Waals surface area (Å²) in [6.07, 6.45) is 2.27. The molecule has 5 heteroatoms. The number of non-ortho nitro benzene ring substituents is 1. The topological polar surface area (TPSA) is 65.1 Å². The van der Waals surface area contributed by atoms with Crippen molar-refractivity contribution in [2.45, 2.75) is 19.3 Å². The molecule has 5 nitrogen and oxygen atoms in total. The first-order chi connectivity index (χ1) is 11.2. The second-order valence-corrected chi connectivity index (χ2v) is 5.72. The zero-order valence-electron chi connectivity index (χ0n) is 12.4. The molecule has 0 N–H and O–H groups in total. The third-order valence-corrected chi connectivity index (χ3v) is 4.39. The minimum absolute atomic E-state index is 0.0650. The van der Waals surface area contributed by atoms with Crippen molar-refractivity contribution < 1.29 is 9.72 Å². The molecule has 1 aliphatic carbocycles. The van der Waals surface area contributed by atoms with Crippen molar-refractivity contribution in [3.8, 4) is 5.69 Å². The van der Waals surface area contributed by atoms with Crippen LogP contribution in [0.3, 0.4) is 0 Å². The molecule has 1 aliphatic rings. The van der Waals surface area contributed by atoms with Crippen molar-refractivity contribution in [2.24, 2.45) is 0 Å². The van der Waals surface area contributed by atoms with Crippen LogP contribution < -0.4 is 0 Å². The largest absolute Gasteiger partial charge is 0.313 e. The lowest BCUT2D eigenvalue weighted by Gasteiger charge is -2.15. The highest BCUT2D eigenvalue weighted by molar-refractivity contribution is 6.10. The third-order valence-electron chi connectivity index (χ3n) is 4.39. The van der Waals surface area contributed by atoms with Crippen LogP contribution in [0.25, 0.3) is 16.6 Å². The van der Waals surface area contributed by atoms with Crippen molar-refractivity contribution in [1.29, 1.82) is 0 Å². The summed E-state index contributed by atoms with van der Waals surface area (Å²) in [5, 5.41) is 11.8. The van der Waals surface area contributed by atoms with Crippen LogP contribution in [0.5, 0.6) is 0 Å². The second kappa shape index (κ2) is 5.05. The average Bonchev–Trinajstić information content (AvgIpc) is 2.90. The maximum Gasteiger partial charge on any atom is 0.269 e. The third kappa shape index (κ3) is 2.04. The summed E-state index contributed by atoms with van der Waals surface area (Å²) in [5.41, 5.74) is 3.71. The van der Waals surface area contributed by atoms with Crippen LogP contribution in [0.15, 0.2) is 48.5 Å². The number of nitro groups is 1. The van der Waals surface area contributed by atoms with Crippen LogP contribution in [0.2, 0.25) is 0 Å². The van der Waals surface area contributed by atoms with E-state index < -0.39 is 4.92 Å². The molecule has 23 heavy (non-hydrogen) atoms. The first-order valence-electron chi connectivity index (χ1n) is 7.57. The van der Waals surface area contributed by atoms with Gasteiger partial charge in [-0.25, -0.2) is 0 Å². The summed E-state index contributed by atoms with van der Waals surface area (Å²) in [4.78, 5) is 22.8. The molecule has 0 saturated heterocycles. The van der Waals surface area contributed by atoms with Gasteiger partial charge in [-0.2, -0.15) is 0 Å². The van der Waals surface area contributed by atoms with E-state index in [4.69, 9.17) is 0 Å². The van der Waals surface area contributed by atoms with E-state index in [1.165, 1.54) is 12.1 Å². The van der Waals surface area contributed by atoms with Gasteiger partial charge in [0.1, 0.15) is 0 Å². The Kier molecular flexibility index (Phi) is 3.01. The summed E-state index contributed by atoms with van der Waals surface area (Å²) < 4.78 is 2.06. The molecule has 0 saturated carbocycles. The van der Waals surface area contributed by atoms with Gasteiger partial charge in [-0.05, 0) is 31.0 Å². The number of Topliss-reactive ketones (excluding diaryl/α,β-unsaturated/α-hetero) is 1. The molecule has 1 aromatic heterocycles. The molecule has 2 aromatic carbocycles. The molecule has 114 valence electrons. The zero-order chi connectivity index (χ0) is 16.0. The molecular formula is C18H14N2O3. The Morgan fingerprint density at radius 1 is 1.00 bits per heavy atom. The molecular weight excluding hydrogens is 292 g/mol. The molecule has 3 aromatic rings. The number of carbonyl (C=O) groups excluding carboxylic acids is 1. The van der Waals surface area contributed by atoms with Gasteiger partial charge in [0, 0.05) is 40.9 Å². The molecule has 0 amide bonds. The van der Waals surface area contributed by atoms with Crippen LogP contribution in [-0.2, 0) is 6.42 Å². The molecule has 0 fully saturated rings. The van der Waals surface area contributed by atoms with Crippen molar-refractivity contribution in [1.82, 2.24) is 4.57 Å². The fraction of sp³-hybridized carbons (Fsp3) is 0.167. The summed E-state index contributed by atoms with van der Waals surface area (Å²) in [7, 11) is 0. The number of aromatic nitrogens is 1. The van der Waals surface area contributed by atoms with Crippen LogP contribution in [0.4, 0.5) is 5.69 Å². The van der Waals surface area contributed by atoms with E-state index >= 15 is 0 Å². The first-order valence-corrected chi connectivity index (χ1v) is 7.57. The van der Waals surface area contributed by atoms with Crippen LogP contribution >= 0.6 is 0 Å². The van der Waals surface area contributed by atoms with E-state index in [9.17, 15) is 14.9 Å². The molecule has 0 atom stereocenters. The van der Waals surface area contributed by atoms with Crippen molar-refractivity contribution in [3.63, 3.8) is 0 Å². The highest BCUT2D eigenvalue weighted by Crippen LogP contribution is 2.34. The molecule has 0 aliphatic heterocycles. The van der Waals surface area contributed by atoms with Crippen LogP contribution in [0.1, 0.15) is 28.9 Å². The van der Waals surface area contributed by atoms with Crippen molar-refractivity contribution >= 4 is 22.4 Å². The first kappa shape index (κ1) is 13.7. The molecule has 0 spiro atoms. The molecule has 0 radical (unpaired) electrons. The number of hydrogen-bond donors (Lipinski definition) is 0. The number of benzene rings is 2. The number of nitrogens with zero attached hydrogens (tertiary/aromatic N) is 2. The minimum Gasteiger partial charge on any atom is -0.313 e. The number of rotatable bonds is 2. The zero-order valence-corrected chi connectivity index (χ0v) is 12.4. The second-order valence-electron chi connectivity index (χ2n) is 5.72. The molecule has 4 rings (SSSR count). The van der Waals surface area contributed by atoms with Crippen molar-refractivity contribution in [3.05, 3.63) is 69.9 Å². The predicted molar refractivity (Wildman–Crippen MR) is 87.2 cm³/mol. The number of hydrogen-bond acceptors (Lipinski definition) is 3. The normalized spacial score (nSPS) is 14.0. The van der Waals surface area contributed by atoms with E-state index in [0.717, 1.165) is 40.7 Å². The minimum atomic E-state index is -0.406. The van der Waals surface area contributed by atoms with Crippen molar-refractivity contribution in [2.75, 3.05) is 0 Å². The van der Waals surface area contributed by atoms with E-state index in [-0.39, 0.29) is 11.5 Å². The van der Waals surface area contributed by atoms with Gasteiger partial charge in [0.25, 0.3) is 5.69 Å². The van der Waals surface area contributed by atoms with Gasteiger partial charge in [-0.3, -0.25) is 14.9 Å². The fourth-order valence-corrected chi connectivity index (χ4v) is 3.40. The fourth-order valence-electron chi connectivity index (χ4n) is 3.40. The Morgan fingerprint density at radius 2 is 1.74 bits per heavy atom. The van der Waals surface area contributed by atoms with Gasteiger partial charge in [0.15, 0.2) is 5.78 Å². The number of ketones is 1. The number of carbonyl (C=O) groups is 1. The van der Waals surface area contributed by atoms with Gasteiger partial charge in [0.2, 0.25) is 0 Å². The lowest BCUT2D eigenvalue weighted by Crippen LogP contribution is -2.12. The highest BCUT2D eigenvalue weighted by atomic mass is 16.6. The maximum atomic E-state index is 12.4. The van der Waals surface area contributed by atoms with Gasteiger partial charge < -0.3 is 4.57 Å². The summed E-state index contributed by atoms with van der Waals surface area (Å²) in [5.74, 6) is 0.183. The van der Waals surface area contributed by atoms with Crippen LogP contribution in [0, 0.1) is 10.1 Å². The summed E-state index contributed by atoms with van der Waals surface area (Å²) in [6.45, 7) is 0. The lowest BCUT2D eigenvalue weighted by molar-refractivity contribution is -0.384. The van der Waals surface area contributed by atoms with Gasteiger partial charge in [-0.1, -0.05) is 18.2 Å². The average molecular weight is 306 g/mol. The predicted octanol–water partition coefficient (Wildman–Crippen LogP) is 4.06. The number of para-hydroxylation sites is 1. The smallest absolute Gasteiger partial charge is 0.269 e. The Labute approximate surface area is 132 Å². The van der Waals surface area contributed by atoms with Gasteiger partial charge in [0.05, 0.1) is 10.4 Å². The Balaban J connectivity index is 2.00. The van der Waals surface area contributed by atoms with E-state index in [1.807, 2.05) is 24.3 Å². The summed E-state index contributed by atoms with van der Waals surface area (Å²) >= 11 is 0. The van der Waals surface area contributed by atoms with Gasteiger partial charge in [-0.15, -0.1) is 0 Å². The monoisotopic (exact) mass is 306 g/mol. The Morgan fingerprint density at radius 3 is 2.48 bits per heavy atom. The number of fused-ring (bicyclic) bond motifs is 3. The quantitative estimate of drug-likeness (QED) is 0.530. The Bertz CT molecular complexity index is 939. The SMILES string of the molecule is O=C1CCCc2c1c1ccccc1n2-c1ccc([N+](=O)[O-])cc1. The lowest BCUT2D eigenvalue weighted by atomic mass is 9.94. The number of nitro benzene ring substituents is 1. The van der Waals surface area contributed by atoms with E-state index in [2.05, 4.69) is 4.57 Å². The van der Waals surface area contributed by atoms with E-state index in [0.29, 0.717) is 6.42 Å². The van der Waals surface area contributed by atoms with E-state index in [1.54, 1.807) is 12.1 Å². The standard InChI is InChI=1S/C18H14N2O3/c21-17-7-3-6-16-18(17)14-4-1-2-5-15(14)19(16)12-8-10-13(11-9-12)20(22)23/h1-2,4-5,8-11H,3,6-7H2. The highest BCUT2D eigenvalue weighted by Gasteiger charge is 2.26. The van der Waals surface area contributed by atoms with Gasteiger partial charge >= 0.3 is 0 Å². The Hall–Kier alpha value is -2.95.